The number of carbonyl (C=O) groups excluding carboxylic acids is 2. The van der Waals surface area contributed by atoms with E-state index in [1.807, 2.05) is 45.9 Å². The fourth-order valence-corrected chi connectivity index (χ4v) is 6.66. The second-order valence-corrected chi connectivity index (χ2v) is 12.8. The van der Waals surface area contributed by atoms with Crippen molar-refractivity contribution in [1.82, 2.24) is 5.32 Å². The first-order valence-electron chi connectivity index (χ1n) is 12.4. The van der Waals surface area contributed by atoms with Crippen molar-refractivity contribution >= 4 is 46.0 Å². The average molecular weight is 576 g/mol. The maximum absolute atomic E-state index is 14.0. The lowest BCUT2D eigenvalue weighted by atomic mass is 9.82. The van der Waals surface area contributed by atoms with E-state index in [9.17, 15) is 9.59 Å². The summed E-state index contributed by atoms with van der Waals surface area (Å²) in [6.45, 7) is 13.0. The number of carbonyl (C=O) groups is 2. The second kappa shape index (κ2) is 12.9. The van der Waals surface area contributed by atoms with Crippen LogP contribution in [-0.4, -0.2) is 29.9 Å². The highest BCUT2D eigenvalue weighted by molar-refractivity contribution is 7.99. The Morgan fingerprint density at radius 2 is 1.74 bits per heavy atom. The number of rotatable bonds is 9. The Hall–Kier alpha value is -2.67. The molecule has 2 aromatic rings. The van der Waals surface area contributed by atoms with Gasteiger partial charge in [-0.25, -0.2) is 9.59 Å². The topological polar surface area (TPSA) is 64.6 Å². The number of halogens is 2. The highest BCUT2D eigenvalue weighted by atomic mass is 35.5. The Morgan fingerprint density at radius 3 is 2.34 bits per heavy atom. The molecule has 1 aliphatic rings. The van der Waals surface area contributed by atoms with E-state index in [1.54, 1.807) is 18.2 Å². The summed E-state index contributed by atoms with van der Waals surface area (Å²) in [6.07, 6.45) is 1.50. The summed E-state index contributed by atoms with van der Waals surface area (Å²) in [4.78, 5) is 27.4. The summed E-state index contributed by atoms with van der Waals surface area (Å²) in [7, 11) is -0.419. The van der Waals surface area contributed by atoms with Gasteiger partial charge in [0.2, 0.25) is 5.03 Å². The van der Waals surface area contributed by atoms with E-state index in [1.165, 1.54) is 6.08 Å². The van der Waals surface area contributed by atoms with Crippen LogP contribution in [0.3, 0.4) is 0 Å². The number of benzene rings is 2. The standard InChI is InChI=1S/C30H33Cl2NO4S/c1-7-17-36-28(34)23-19(3)33-27(38(8-2)18-20-13-10-9-11-14-20)25(29(35)37-30(4,5)6)24(23)21-15-12-16-22(31)26(21)32/h7,9-16,24H,1,8,17-18H2,2-6H3/p+1. The van der Waals surface area contributed by atoms with Gasteiger partial charge < -0.3 is 14.8 Å². The molecule has 1 aliphatic heterocycles. The number of dihydropyridines is 1. The van der Waals surface area contributed by atoms with Crippen molar-refractivity contribution < 1.29 is 19.1 Å². The molecule has 2 unspecified atom stereocenters. The molecule has 0 bridgehead atoms. The summed E-state index contributed by atoms with van der Waals surface area (Å²) in [5, 5.41) is 4.73. The van der Waals surface area contributed by atoms with Crippen LogP contribution in [0, 0.1) is 0 Å². The van der Waals surface area contributed by atoms with E-state index in [4.69, 9.17) is 32.7 Å². The van der Waals surface area contributed by atoms with Crippen LogP contribution >= 0.6 is 23.2 Å². The molecule has 1 heterocycles. The lowest BCUT2D eigenvalue weighted by molar-refractivity contribution is -0.150. The molecular formula is C30H34Cl2NO4S+. The van der Waals surface area contributed by atoms with Gasteiger partial charge in [-0.3, -0.25) is 0 Å². The number of ether oxygens (including phenoxy) is 2. The number of nitrogens with one attached hydrogen (secondary N) is 1. The molecule has 0 amide bonds. The van der Waals surface area contributed by atoms with Crippen LogP contribution in [0.15, 0.2) is 83.1 Å². The summed E-state index contributed by atoms with van der Waals surface area (Å²) in [5.74, 6) is -0.465. The van der Waals surface area contributed by atoms with E-state index in [0.29, 0.717) is 27.6 Å². The summed E-state index contributed by atoms with van der Waals surface area (Å²) in [6, 6.07) is 15.3. The number of esters is 2. The Morgan fingerprint density at radius 1 is 1.05 bits per heavy atom. The highest BCUT2D eigenvalue weighted by Gasteiger charge is 2.46. The predicted molar refractivity (Wildman–Crippen MR) is 157 cm³/mol. The Bertz CT molecular complexity index is 1260. The van der Waals surface area contributed by atoms with Gasteiger partial charge in [-0.1, -0.05) is 78.3 Å². The van der Waals surface area contributed by atoms with Gasteiger partial charge in [0.1, 0.15) is 29.3 Å². The molecule has 2 atom stereocenters. The fourth-order valence-electron chi connectivity index (χ4n) is 4.20. The molecule has 0 saturated carbocycles. The number of hydrogen-bond donors (Lipinski definition) is 1. The first kappa shape index (κ1) is 29.9. The van der Waals surface area contributed by atoms with Gasteiger partial charge in [-0.15, -0.1) is 0 Å². The van der Waals surface area contributed by atoms with E-state index in [0.717, 1.165) is 16.3 Å². The Labute approximate surface area is 238 Å². The number of allylic oxidation sites excluding steroid dienone is 1. The van der Waals surface area contributed by atoms with Gasteiger partial charge in [-0.2, -0.15) is 0 Å². The van der Waals surface area contributed by atoms with Gasteiger partial charge in [0.25, 0.3) is 0 Å². The molecule has 8 heteroatoms. The second-order valence-electron chi connectivity index (χ2n) is 9.78. The van der Waals surface area contributed by atoms with Crippen LogP contribution in [0.5, 0.6) is 0 Å². The van der Waals surface area contributed by atoms with Crippen LogP contribution in [0.25, 0.3) is 0 Å². The van der Waals surface area contributed by atoms with Crippen molar-refractivity contribution in [2.75, 3.05) is 12.4 Å². The van der Waals surface area contributed by atoms with Crippen LogP contribution in [0.1, 0.15) is 51.7 Å². The molecule has 3 rings (SSSR count). The third-order valence-corrected chi connectivity index (χ3v) is 8.92. The van der Waals surface area contributed by atoms with Crippen LogP contribution in [0.2, 0.25) is 10.0 Å². The van der Waals surface area contributed by atoms with Gasteiger partial charge in [-0.05, 0) is 46.2 Å². The molecule has 2 aromatic carbocycles. The lowest BCUT2D eigenvalue weighted by Crippen LogP contribution is -2.38. The van der Waals surface area contributed by atoms with Crippen molar-refractivity contribution in [1.29, 1.82) is 0 Å². The molecule has 0 aliphatic carbocycles. The lowest BCUT2D eigenvalue weighted by Gasteiger charge is -2.32. The Kier molecular flexibility index (Phi) is 10.2. The van der Waals surface area contributed by atoms with Crippen molar-refractivity contribution in [2.24, 2.45) is 0 Å². The molecule has 5 nitrogen and oxygen atoms in total. The normalized spacial score (nSPS) is 16.6. The molecule has 38 heavy (non-hydrogen) atoms. The van der Waals surface area contributed by atoms with Gasteiger partial charge in [0.15, 0.2) is 0 Å². The van der Waals surface area contributed by atoms with E-state index >= 15 is 0 Å². The highest BCUT2D eigenvalue weighted by Crippen LogP contribution is 2.45. The maximum atomic E-state index is 14.0. The monoisotopic (exact) mass is 574 g/mol. The van der Waals surface area contributed by atoms with Crippen molar-refractivity contribution in [2.45, 2.75) is 51.9 Å². The van der Waals surface area contributed by atoms with Crippen molar-refractivity contribution in [3.05, 3.63) is 104 Å². The van der Waals surface area contributed by atoms with Gasteiger partial charge in [0.05, 0.1) is 21.5 Å². The molecule has 0 spiro atoms. The Balaban J connectivity index is 2.30. The first-order chi connectivity index (χ1) is 18.0. The van der Waals surface area contributed by atoms with Gasteiger partial charge in [0, 0.05) is 22.2 Å². The predicted octanol–water partition coefficient (Wildman–Crippen LogP) is 7.08. The van der Waals surface area contributed by atoms with Crippen LogP contribution in [-0.2, 0) is 35.7 Å². The minimum Gasteiger partial charge on any atom is -0.458 e. The van der Waals surface area contributed by atoms with E-state index < -0.39 is 34.4 Å². The minimum atomic E-state index is -0.845. The van der Waals surface area contributed by atoms with E-state index in [2.05, 4.69) is 31.0 Å². The average Bonchev–Trinajstić information content (AvgIpc) is 2.86. The fraction of sp³-hybridized carbons (Fsp3) is 0.333. The zero-order valence-electron chi connectivity index (χ0n) is 22.4. The molecule has 0 radical (unpaired) electrons. The summed E-state index contributed by atoms with van der Waals surface area (Å²) >= 11 is 13.2. The summed E-state index contributed by atoms with van der Waals surface area (Å²) < 4.78 is 11.4. The van der Waals surface area contributed by atoms with E-state index in [-0.39, 0.29) is 17.2 Å². The smallest absolute Gasteiger partial charge is 0.342 e. The number of hydrogen-bond acceptors (Lipinski definition) is 5. The zero-order valence-corrected chi connectivity index (χ0v) is 24.7. The quantitative estimate of drug-likeness (QED) is 0.197. The molecule has 0 fully saturated rings. The molecular weight excluding hydrogens is 541 g/mol. The van der Waals surface area contributed by atoms with Gasteiger partial charge >= 0.3 is 11.9 Å². The third-order valence-electron chi connectivity index (χ3n) is 5.81. The SMILES string of the molecule is C=CCOC(=O)C1=C(C)NC([S+](CC)Cc2ccccc2)=C(C(=O)OC(C)(C)C)C1c1cccc(Cl)c1Cl. The van der Waals surface area contributed by atoms with Crippen molar-refractivity contribution in [3.8, 4) is 0 Å². The molecule has 202 valence electrons. The maximum Gasteiger partial charge on any atom is 0.342 e. The minimum absolute atomic E-state index is 0.0251. The van der Waals surface area contributed by atoms with Crippen LogP contribution in [0.4, 0.5) is 0 Å². The molecule has 0 aromatic heterocycles. The molecule has 1 N–H and O–H groups in total. The zero-order chi connectivity index (χ0) is 28.0. The first-order valence-corrected chi connectivity index (χ1v) is 14.7. The third kappa shape index (κ3) is 7.04. The summed E-state index contributed by atoms with van der Waals surface area (Å²) in [5.41, 5.74) is 2.11. The largest absolute Gasteiger partial charge is 0.458 e. The molecule has 0 saturated heterocycles. The van der Waals surface area contributed by atoms with Crippen molar-refractivity contribution in [3.63, 3.8) is 0 Å². The van der Waals surface area contributed by atoms with Crippen LogP contribution < -0.4 is 5.32 Å².